The molecule has 2 rings (SSSR count). The first kappa shape index (κ1) is 13.2. The molecular weight excluding hydrogens is 248 g/mol. The first-order valence-electron chi connectivity index (χ1n) is 6.14. The van der Waals surface area contributed by atoms with Gasteiger partial charge in [-0.25, -0.2) is 4.79 Å². The smallest absolute Gasteiger partial charge is 0.326 e. The van der Waals surface area contributed by atoms with E-state index in [1.165, 1.54) is 0 Å². The molecule has 2 atom stereocenters. The highest BCUT2D eigenvalue weighted by Crippen LogP contribution is 2.28. The van der Waals surface area contributed by atoms with Crippen LogP contribution in [0.2, 0.25) is 0 Å². The van der Waals surface area contributed by atoms with E-state index in [4.69, 9.17) is 9.84 Å². The first-order chi connectivity index (χ1) is 9.11. The van der Waals surface area contributed by atoms with Crippen molar-refractivity contribution in [2.75, 3.05) is 11.9 Å². The number of fused-ring (bicyclic) bond motifs is 1. The predicted molar refractivity (Wildman–Crippen MR) is 69.2 cm³/mol. The van der Waals surface area contributed by atoms with Crippen LogP contribution in [0.25, 0.3) is 0 Å². The number of benzene rings is 1. The molecule has 0 spiro atoms. The zero-order chi connectivity index (χ0) is 13.8. The van der Waals surface area contributed by atoms with Crippen molar-refractivity contribution in [1.29, 1.82) is 0 Å². The lowest BCUT2D eigenvalue weighted by molar-refractivity contribution is -0.143. The van der Waals surface area contributed by atoms with E-state index in [-0.39, 0.29) is 0 Å². The molecule has 0 saturated carbocycles. The van der Waals surface area contributed by atoms with Gasteiger partial charge in [-0.15, -0.1) is 0 Å². The van der Waals surface area contributed by atoms with Gasteiger partial charge in [0.05, 0.1) is 12.2 Å². The Hall–Kier alpha value is -2.24. The Morgan fingerprint density at radius 2 is 2.26 bits per heavy atom. The van der Waals surface area contributed by atoms with Crippen LogP contribution in [-0.4, -0.2) is 35.7 Å². The Balaban J connectivity index is 2.01. The summed E-state index contributed by atoms with van der Waals surface area (Å²) in [6, 6.07) is 6.42. The van der Waals surface area contributed by atoms with Crippen molar-refractivity contribution in [3.63, 3.8) is 0 Å². The number of nitrogens with one attached hydrogen (secondary N) is 2. The predicted octanol–water partition coefficient (Wildman–Crippen LogP) is 0.839. The number of amides is 1. The fraction of sp³-hybridized carbons (Fsp3) is 0.385. The number of hydrogen-bond acceptors (Lipinski definition) is 4. The second-order valence-electron chi connectivity index (χ2n) is 4.29. The van der Waals surface area contributed by atoms with E-state index >= 15 is 0 Å². The summed E-state index contributed by atoms with van der Waals surface area (Å²) in [5.41, 5.74) is 0.830. The van der Waals surface area contributed by atoms with Gasteiger partial charge in [0, 0.05) is 0 Å². The molecule has 1 aliphatic rings. The van der Waals surface area contributed by atoms with Crippen LogP contribution in [0, 0.1) is 0 Å². The van der Waals surface area contributed by atoms with Crippen molar-refractivity contribution in [3.8, 4) is 5.75 Å². The van der Waals surface area contributed by atoms with Crippen molar-refractivity contribution < 1.29 is 19.4 Å². The normalized spacial score (nSPS) is 18.5. The van der Waals surface area contributed by atoms with E-state index in [0.717, 1.165) is 5.69 Å². The summed E-state index contributed by atoms with van der Waals surface area (Å²) < 4.78 is 5.55. The standard InChI is InChI=1S/C13H16N2O4/c1-2-8(13(17)18)15-12(16)11-7-14-9-5-3-4-6-10(9)19-11/h3-6,8,11,14H,2,7H2,1H3,(H,15,16)(H,17,18). The SMILES string of the molecule is CCC(NC(=O)C1CNc2ccccc2O1)C(=O)O. The van der Waals surface area contributed by atoms with E-state index in [1.54, 1.807) is 13.0 Å². The molecule has 1 amide bonds. The molecule has 1 aromatic carbocycles. The number of aliphatic carboxylic acids is 1. The van der Waals surface area contributed by atoms with Crippen molar-refractivity contribution in [1.82, 2.24) is 5.32 Å². The Kier molecular flexibility index (Phi) is 3.89. The molecule has 19 heavy (non-hydrogen) atoms. The maximum Gasteiger partial charge on any atom is 0.326 e. The summed E-state index contributed by atoms with van der Waals surface area (Å²) >= 11 is 0. The summed E-state index contributed by atoms with van der Waals surface area (Å²) in [6.45, 7) is 2.02. The van der Waals surface area contributed by atoms with Gasteiger partial charge in [-0.1, -0.05) is 19.1 Å². The van der Waals surface area contributed by atoms with Crippen LogP contribution in [0.5, 0.6) is 5.75 Å². The second kappa shape index (κ2) is 5.60. The molecule has 6 heteroatoms. The molecule has 0 saturated heterocycles. The fourth-order valence-corrected chi connectivity index (χ4v) is 1.86. The van der Waals surface area contributed by atoms with Crippen LogP contribution < -0.4 is 15.4 Å². The first-order valence-corrected chi connectivity index (χ1v) is 6.14. The number of rotatable bonds is 4. The largest absolute Gasteiger partial charge is 0.480 e. The van der Waals surface area contributed by atoms with Gasteiger partial charge in [0.2, 0.25) is 0 Å². The summed E-state index contributed by atoms with van der Waals surface area (Å²) in [4.78, 5) is 22.8. The summed E-state index contributed by atoms with van der Waals surface area (Å²) in [5.74, 6) is -0.867. The highest BCUT2D eigenvalue weighted by molar-refractivity contribution is 5.87. The maximum atomic E-state index is 11.9. The molecule has 1 aliphatic heterocycles. The van der Waals surface area contributed by atoms with Gasteiger partial charge in [-0.3, -0.25) is 4.79 Å². The van der Waals surface area contributed by atoms with Gasteiger partial charge in [0.1, 0.15) is 11.8 Å². The molecule has 6 nitrogen and oxygen atoms in total. The number of hydrogen-bond donors (Lipinski definition) is 3. The minimum atomic E-state index is -1.04. The number of carboxylic acids is 1. The van der Waals surface area contributed by atoms with Gasteiger partial charge in [0.25, 0.3) is 5.91 Å². The quantitative estimate of drug-likeness (QED) is 0.750. The average molecular weight is 264 g/mol. The Labute approximate surface area is 110 Å². The third-order valence-electron chi connectivity index (χ3n) is 2.95. The van der Waals surface area contributed by atoms with Gasteiger partial charge in [-0.05, 0) is 18.6 Å². The van der Waals surface area contributed by atoms with Crippen molar-refractivity contribution in [3.05, 3.63) is 24.3 Å². The van der Waals surface area contributed by atoms with Crippen LogP contribution in [-0.2, 0) is 9.59 Å². The fourth-order valence-electron chi connectivity index (χ4n) is 1.86. The van der Waals surface area contributed by atoms with Gasteiger partial charge in [0.15, 0.2) is 6.10 Å². The summed E-state index contributed by atoms with van der Waals surface area (Å²) in [5, 5.41) is 14.5. The maximum absolute atomic E-state index is 11.9. The van der Waals surface area contributed by atoms with Crippen molar-refractivity contribution in [2.24, 2.45) is 0 Å². The van der Waals surface area contributed by atoms with Crippen LogP contribution in [0.15, 0.2) is 24.3 Å². The minimum Gasteiger partial charge on any atom is -0.480 e. The topological polar surface area (TPSA) is 87.7 Å². The molecule has 3 N–H and O–H groups in total. The zero-order valence-corrected chi connectivity index (χ0v) is 10.6. The third kappa shape index (κ3) is 2.96. The van der Waals surface area contributed by atoms with E-state index in [2.05, 4.69) is 10.6 Å². The van der Waals surface area contributed by atoms with E-state index in [1.807, 2.05) is 18.2 Å². The zero-order valence-electron chi connectivity index (χ0n) is 10.6. The molecule has 0 aliphatic carbocycles. The number of para-hydroxylation sites is 2. The lowest BCUT2D eigenvalue weighted by atomic mass is 10.2. The van der Waals surface area contributed by atoms with Crippen LogP contribution in [0.3, 0.4) is 0 Å². The van der Waals surface area contributed by atoms with Crippen molar-refractivity contribution in [2.45, 2.75) is 25.5 Å². The second-order valence-corrected chi connectivity index (χ2v) is 4.29. The monoisotopic (exact) mass is 264 g/mol. The average Bonchev–Trinajstić information content (AvgIpc) is 2.43. The number of anilines is 1. The molecule has 1 aromatic rings. The number of ether oxygens (including phenoxy) is 1. The molecule has 0 bridgehead atoms. The summed E-state index contributed by atoms with van der Waals surface area (Å²) in [7, 11) is 0. The number of carboxylic acid groups (broad SMARTS) is 1. The molecule has 0 aromatic heterocycles. The molecule has 0 fully saturated rings. The molecule has 0 radical (unpaired) electrons. The Morgan fingerprint density at radius 1 is 1.53 bits per heavy atom. The molecule has 2 unspecified atom stereocenters. The lowest BCUT2D eigenvalue weighted by Crippen LogP contribution is -2.50. The van der Waals surface area contributed by atoms with E-state index in [9.17, 15) is 9.59 Å². The Morgan fingerprint density at radius 3 is 2.95 bits per heavy atom. The van der Waals surface area contributed by atoms with Gasteiger partial charge >= 0.3 is 5.97 Å². The lowest BCUT2D eigenvalue weighted by Gasteiger charge is -2.27. The third-order valence-corrected chi connectivity index (χ3v) is 2.95. The van der Waals surface area contributed by atoms with Gasteiger partial charge < -0.3 is 20.5 Å². The minimum absolute atomic E-state index is 0.318. The van der Waals surface area contributed by atoms with Crippen LogP contribution in [0.1, 0.15) is 13.3 Å². The van der Waals surface area contributed by atoms with E-state index < -0.39 is 24.0 Å². The van der Waals surface area contributed by atoms with E-state index in [0.29, 0.717) is 18.7 Å². The Bertz CT molecular complexity index is 489. The summed E-state index contributed by atoms with van der Waals surface area (Å²) in [6.07, 6.45) is -0.388. The molecular formula is C13H16N2O4. The van der Waals surface area contributed by atoms with Gasteiger partial charge in [-0.2, -0.15) is 0 Å². The van der Waals surface area contributed by atoms with Crippen LogP contribution in [0.4, 0.5) is 5.69 Å². The molecule has 1 heterocycles. The highest BCUT2D eigenvalue weighted by Gasteiger charge is 2.28. The number of carbonyl (C=O) groups is 2. The van der Waals surface area contributed by atoms with Crippen molar-refractivity contribution >= 4 is 17.6 Å². The molecule has 102 valence electrons. The number of carbonyl (C=O) groups excluding carboxylic acids is 1. The highest BCUT2D eigenvalue weighted by atomic mass is 16.5. The van der Waals surface area contributed by atoms with Crippen LogP contribution >= 0.6 is 0 Å².